The van der Waals surface area contributed by atoms with Gasteiger partial charge in [-0.1, -0.05) is 0 Å². The van der Waals surface area contributed by atoms with Crippen LogP contribution in [0.2, 0.25) is 0 Å². The molecule has 2 aromatic carbocycles. The van der Waals surface area contributed by atoms with Gasteiger partial charge >= 0.3 is 6.18 Å². The molecule has 4 N–H and O–H groups in total. The summed E-state index contributed by atoms with van der Waals surface area (Å²) < 4.78 is 71.1. The summed E-state index contributed by atoms with van der Waals surface area (Å²) in [6, 6.07) is 10.2. The van der Waals surface area contributed by atoms with Crippen LogP contribution in [0, 0.1) is 11.6 Å². The Bertz CT molecular complexity index is 993. The van der Waals surface area contributed by atoms with Crippen molar-refractivity contribution in [2.75, 3.05) is 23.0 Å². The molecule has 0 atom stereocenters. The molecule has 5 nitrogen and oxygen atoms in total. The molecule has 152 valence electrons. The van der Waals surface area contributed by atoms with E-state index in [-0.39, 0.29) is 23.8 Å². The number of hydrogen-bond acceptors (Lipinski definition) is 5. The fourth-order valence-corrected chi connectivity index (χ4v) is 2.42. The summed E-state index contributed by atoms with van der Waals surface area (Å²) in [6.07, 6.45) is -3.39. The van der Waals surface area contributed by atoms with E-state index in [1.807, 2.05) is 0 Å². The largest absolute Gasteiger partial charge is 0.438 e. The average Bonchev–Trinajstić information content (AvgIpc) is 2.68. The Morgan fingerprint density at radius 1 is 0.966 bits per heavy atom. The Morgan fingerprint density at radius 2 is 1.69 bits per heavy atom. The Morgan fingerprint density at radius 3 is 2.38 bits per heavy atom. The van der Waals surface area contributed by atoms with Crippen molar-refractivity contribution in [3.8, 4) is 11.6 Å². The molecule has 0 fully saturated rings. The predicted octanol–water partition coefficient (Wildman–Crippen LogP) is 5.23. The normalized spacial score (nSPS) is 11.2. The summed E-state index contributed by atoms with van der Waals surface area (Å²) in [5, 5.41) is 5.52. The molecule has 10 heteroatoms. The Hall–Kier alpha value is -3.56. The van der Waals surface area contributed by atoms with Gasteiger partial charge in [-0.25, -0.2) is 13.8 Å². The lowest BCUT2D eigenvalue weighted by Crippen LogP contribution is -2.14. The SMILES string of the molecule is Nc1ccc(F)c(F)c1NCNc1ccc(Oc2ncccc2C(F)(F)F)cc1. The number of aromatic nitrogens is 1. The second kappa shape index (κ2) is 8.21. The average molecular weight is 410 g/mol. The fourth-order valence-electron chi connectivity index (χ4n) is 2.42. The van der Waals surface area contributed by atoms with Crippen molar-refractivity contribution in [3.05, 3.63) is 71.9 Å². The third kappa shape index (κ3) is 4.84. The van der Waals surface area contributed by atoms with Gasteiger partial charge in [0.25, 0.3) is 0 Å². The summed E-state index contributed by atoms with van der Waals surface area (Å²) in [7, 11) is 0. The first-order valence-electron chi connectivity index (χ1n) is 8.27. The number of ether oxygens (including phenoxy) is 1. The van der Waals surface area contributed by atoms with Crippen molar-refractivity contribution in [2.24, 2.45) is 0 Å². The van der Waals surface area contributed by atoms with E-state index in [1.54, 1.807) is 12.1 Å². The molecular formula is C19H15F5N4O. The zero-order valence-electron chi connectivity index (χ0n) is 14.7. The molecule has 3 rings (SSSR count). The highest BCUT2D eigenvalue weighted by atomic mass is 19.4. The predicted molar refractivity (Wildman–Crippen MR) is 98.6 cm³/mol. The number of hydrogen-bond donors (Lipinski definition) is 3. The topological polar surface area (TPSA) is 72.2 Å². The Kier molecular flexibility index (Phi) is 5.71. The van der Waals surface area contributed by atoms with Gasteiger partial charge in [-0.05, 0) is 48.5 Å². The molecule has 0 saturated carbocycles. The van der Waals surface area contributed by atoms with Gasteiger partial charge in [0.2, 0.25) is 5.88 Å². The monoisotopic (exact) mass is 410 g/mol. The van der Waals surface area contributed by atoms with Crippen LogP contribution in [0.4, 0.5) is 39.0 Å². The van der Waals surface area contributed by atoms with Crippen LogP contribution >= 0.6 is 0 Å². The van der Waals surface area contributed by atoms with Gasteiger partial charge in [0.1, 0.15) is 11.3 Å². The molecule has 0 spiro atoms. The number of nitrogen functional groups attached to an aromatic ring is 1. The van der Waals surface area contributed by atoms with Crippen molar-refractivity contribution in [3.63, 3.8) is 0 Å². The quantitative estimate of drug-likeness (QED) is 0.295. The summed E-state index contributed by atoms with van der Waals surface area (Å²) in [5.41, 5.74) is 5.05. The third-order valence-corrected chi connectivity index (χ3v) is 3.83. The minimum Gasteiger partial charge on any atom is -0.438 e. The van der Waals surface area contributed by atoms with Gasteiger partial charge < -0.3 is 21.1 Å². The van der Waals surface area contributed by atoms with E-state index in [0.29, 0.717) is 5.69 Å². The first-order chi connectivity index (χ1) is 13.8. The molecular weight excluding hydrogens is 395 g/mol. The lowest BCUT2D eigenvalue weighted by molar-refractivity contribution is -0.138. The highest BCUT2D eigenvalue weighted by molar-refractivity contribution is 5.67. The van der Waals surface area contributed by atoms with Gasteiger partial charge in [0, 0.05) is 11.9 Å². The molecule has 0 aliphatic carbocycles. The van der Waals surface area contributed by atoms with Crippen LogP contribution in [0.15, 0.2) is 54.7 Å². The fraction of sp³-hybridized carbons (Fsp3) is 0.105. The highest BCUT2D eigenvalue weighted by Crippen LogP contribution is 2.36. The molecule has 0 amide bonds. The minimum absolute atomic E-state index is 0.0171. The maximum atomic E-state index is 13.7. The molecule has 0 radical (unpaired) electrons. The number of nitrogens with two attached hydrogens (primary N) is 1. The van der Waals surface area contributed by atoms with Crippen LogP contribution in [-0.4, -0.2) is 11.7 Å². The van der Waals surface area contributed by atoms with Crippen LogP contribution < -0.4 is 21.1 Å². The Labute approximate surface area is 162 Å². The smallest absolute Gasteiger partial charge is 0.421 e. The van der Waals surface area contributed by atoms with Crippen molar-refractivity contribution < 1.29 is 26.7 Å². The first-order valence-corrected chi connectivity index (χ1v) is 8.27. The maximum Gasteiger partial charge on any atom is 0.421 e. The van der Waals surface area contributed by atoms with E-state index in [9.17, 15) is 22.0 Å². The van der Waals surface area contributed by atoms with Crippen LogP contribution in [0.5, 0.6) is 11.6 Å². The standard InChI is InChI=1S/C19H15F5N4O/c20-14-7-8-15(25)17(16(14)21)28-10-27-11-3-5-12(6-4-11)29-18-13(19(22,23)24)2-1-9-26-18/h1-9,27-28H,10,25H2. The van der Waals surface area contributed by atoms with Crippen molar-refractivity contribution in [1.82, 2.24) is 4.98 Å². The van der Waals surface area contributed by atoms with Crippen molar-refractivity contribution >= 4 is 17.1 Å². The molecule has 0 saturated heterocycles. The number of anilines is 3. The van der Waals surface area contributed by atoms with Gasteiger partial charge in [-0.2, -0.15) is 13.2 Å². The molecule has 29 heavy (non-hydrogen) atoms. The van der Waals surface area contributed by atoms with Gasteiger partial charge in [-0.15, -0.1) is 0 Å². The number of nitrogens with one attached hydrogen (secondary N) is 2. The summed E-state index contributed by atoms with van der Waals surface area (Å²) >= 11 is 0. The third-order valence-electron chi connectivity index (χ3n) is 3.83. The van der Waals surface area contributed by atoms with E-state index >= 15 is 0 Å². The van der Waals surface area contributed by atoms with Crippen LogP contribution in [0.25, 0.3) is 0 Å². The molecule has 0 aliphatic heterocycles. The second-order valence-electron chi connectivity index (χ2n) is 5.84. The second-order valence-corrected chi connectivity index (χ2v) is 5.84. The van der Waals surface area contributed by atoms with Gasteiger partial charge in [0.05, 0.1) is 18.0 Å². The molecule has 1 aromatic heterocycles. The van der Waals surface area contributed by atoms with Crippen LogP contribution in [-0.2, 0) is 6.18 Å². The number of pyridine rings is 1. The lowest BCUT2D eigenvalue weighted by Gasteiger charge is -2.14. The lowest BCUT2D eigenvalue weighted by atomic mass is 10.2. The number of nitrogens with zero attached hydrogens (tertiary/aromatic N) is 1. The van der Waals surface area contributed by atoms with Crippen molar-refractivity contribution in [1.29, 1.82) is 0 Å². The van der Waals surface area contributed by atoms with E-state index in [0.717, 1.165) is 12.1 Å². The summed E-state index contributed by atoms with van der Waals surface area (Å²) in [5.74, 6) is -2.53. The van der Waals surface area contributed by atoms with Crippen LogP contribution in [0.3, 0.4) is 0 Å². The van der Waals surface area contributed by atoms with E-state index < -0.39 is 29.3 Å². The molecule has 0 aliphatic rings. The zero-order chi connectivity index (χ0) is 21.0. The summed E-state index contributed by atoms with van der Waals surface area (Å²) in [6.45, 7) is 0.0171. The van der Waals surface area contributed by atoms with Gasteiger partial charge in [-0.3, -0.25) is 0 Å². The molecule has 3 aromatic rings. The molecule has 1 heterocycles. The van der Waals surface area contributed by atoms with E-state index in [2.05, 4.69) is 15.6 Å². The number of alkyl halides is 3. The summed E-state index contributed by atoms with van der Waals surface area (Å²) in [4.78, 5) is 3.62. The number of halogens is 5. The molecule has 0 bridgehead atoms. The molecule has 0 unspecified atom stereocenters. The Balaban J connectivity index is 1.63. The highest BCUT2D eigenvalue weighted by Gasteiger charge is 2.35. The zero-order valence-corrected chi connectivity index (χ0v) is 14.7. The number of rotatable bonds is 6. The minimum atomic E-state index is -4.59. The van der Waals surface area contributed by atoms with Gasteiger partial charge in [0.15, 0.2) is 11.6 Å². The maximum absolute atomic E-state index is 13.7. The van der Waals surface area contributed by atoms with Crippen molar-refractivity contribution in [2.45, 2.75) is 6.18 Å². The van der Waals surface area contributed by atoms with Crippen LogP contribution in [0.1, 0.15) is 5.56 Å². The van der Waals surface area contributed by atoms with E-state index in [1.165, 1.54) is 30.5 Å². The number of benzene rings is 2. The first kappa shape index (κ1) is 20.2. The van der Waals surface area contributed by atoms with E-state index in [4.69, 9.17) is 10.5 Å².